The molecule has 1 aliphatic carbocycles. The summed E-state index contributed by atoms with van der Waals surface area (Å²) in [6.45, 7) is 3.46. The Balaban J connectivity index is 1.70. The number of carbonyl (C=O) groups is 2. The van der Waals surface area contributed by atoms with Crippen LogP contribution >= 0.6 is 0 Å². The van der Waals surface area contributed by atoms with E-state index in [1.807, 2.05) is 32.0 Å². The van der Waals surface area contributed by atoms with Gasteiger partial charge in [0.05, 0.1) is 0 Å². The highest BCUT2D eigenvalue weighted by atomic mass is 16.6. The van der Waals surface area contributed by atoms with E-state index in [1.54, 1.807) is 0 Å². The Kier molecular flexibility index (Phi) is 4.61. The smallest absolute Gasteiger partial charge is 0.344 e. The second kappa shape index (κ2) is 6.41. The third-order valence-corrected chi connectivity index (χ3v) is 2.98. The van der Waals surface area contributed by atoms with E-state index in [0.717, 1.165) is 24.0 Å². The van der Waals surface area contributed by atoms with E-state index < -0.39 is 5.97 Å². The summed E-state index contributed by atoms with van der Waals surface area (Å²) in [5.74, 6) is -0.154. The molecule has 0 spiro atoms. The quantitative estimate of drug-likeness (QED) is 0.800. The molecule has 1 saturated carbocycles. The van der Waals surface area contributed by atoms with E-state index in [2.05, 4.69) is 5.32 Å². The molecule has 0 bridgehead atoms. The molecule has 1 aliphatic rings. The van der Waals surface area contributed by atoms with E-state index >= 15 is 0 Å². The van der Waals surface area contributed by atoms with Crippen LogP contribution in [0.4, 0.5) is 0 Å². The van der Waals surface area contributed by atoms with Crippen molar-refractivity contribution in [2.45, 2.75) is 32.7 Å². The number of amides is 1. The Bertz CT molecular complexity index is 509. The van der Waals surface area contributed by atoms with Gasteiger partial charge in [-0.05, 0) is 38.3 Å². The van der Waals surface area contributed by atoms with Crippen molar-refractivity contribution in [1.29, 1.82) is 0 Å². The van der Waals surface area contributed by atoms with Crippen molar-refractivity contribution in [1.82, 2.24) is 5.32 Å². The van der Waals surface area contributed by atoms with Gasteiger partial charge in [0.1, 0.15) is 5.75 Å². The summed E-state index contributed by atoms with van der Waals surface area (Å²) in [6.07, 6.45) is 2.02. The zero-order valence-electron chi connectivity index (χ0n) is 11.8. The van der Waals surface area contributed by atoms with Crippen molar-refractivity contribution in [2.75, 3.05) is 13.2 Å². The maximum Gasteiger partial charge on any atom is 0.344 e. The summed E-state index contributed by atoms with van der Waals surface area (Å²) in [7, 11) is 0. The van der Waals surface area contributed by atoms with Gasteiger partial charge in [0.2, 0.25) is 0 Å². The van der Waals surface area contributed by atoms with Crippen molar-refractivity contribution in [2.24, 2.45) is 0 Å². The molecule has 5 heteroatoms. The molecule has 0 unspecified atom stereocenters. The highest BCUT2D eigenvalue weighted by Crippen LogP contribution is 2.19. The zero-order valence-corrected chi connectivity index (χ0v) is 11.8. The predicted octanol–water partition coefficient (Wildman–Crippen LogP) is 1.50. The first-order valence-electron chi connectivity index (χ1n) is 6.69. The van der Waals surface area contributed by atoms with Crippen LogP contribution < -0.4 is 10.1 Å². The molecule has 0 aromatic heterocycles. The molecule has 0 heterocycles. The molecule has 1 fully saturated rings. The molecule has 5 nitrogen and oxygen atoms in total. The van der Waals surface area contributed by atoms with Gasteiger partial charge in [-0.15, -0.1) is 0 Å². The SMILES string of the molecule is Cc1ccc(OCC(=O)OCC(=O)NC2CC2)c(C)c1. The number of hydrogen-bond donors (Lipinski definition) is 1. The molecule has 1 aromatic carbocycles. The summed E-state index contributed by atoms with van der Waals surface area (Å²) >= 11 is 0. The normalized spacial score (nSPS) is 13.7. The van der Waals surface area contributed by atoms with Crippen molar-refractivity contribution in [3.63, 3.8) is 0 Å². The lowest BCUT2D eigenvalue weighted by Gasteiger charge is -2.09. The molecular weight excluding hydrogens is 258 g/mol. The van der Waals surface area contributed by atoms with Crippen LogP contribution in [0.1, 0.15) is 24.0 Å². The van der Waals surface area contributed by atoms with Crippen LogP contribution in [-0.2, 0) is 14.3 Å². The molecule has 0 saturated heterocycles. The number of nitrogens with one attached hydrogen (secondary N) is 1. The van der Waals surface area contributed by atoms with Crippen LogP contribution in [-0.4, -0.2) is 31.1 Å². The van der Waals surface area contributed by atoms with Crippen LogP contribution in [0.5, 0.6) is 5.75 Å². The minimum atomic E-state index is -0.545. The molecule has 0 atom stereocenters. The van der Waals surface area contributed by atoms with Crippen molar-refractivity contribution in [3.8, 4) is 5.75 Å². The number of ether oxygens (including phenoxy) is 2. The summed E-state index contributed by atoms with van der Waals surface area (Å²) < 4.78 is 10.2. The topological polar surface area (TPSA) is 64.6 Å². The molecular formula is C15H19NO4. The van der Waals surface area contributed by atoms with E-state index in [0.29, 0.717) is 5.75 Å². The van der Waals surface area contributed by atoms with Gasteiger partial charge in [-0.2, -0.15) is 0 Å². The number of benzene rings is 1. The van der Waals surface area contributed by atoms with Gasteiger partial charge in [-0.3, -0.25) is 4.79 Å². The monoisotopic (exact) mass is 277 g/mol. The summed E-state index contributed by atoms with van der Waals surface area (Å²) in [6, 6.07) is 5.98. The van der Waals surface area contributed by atoms with Crippen molar-refractivity contribution < 1.29 is 19.1 Å². The highest BCUT2D eigenvalue weighted by Gasteiger charge is 2.23. The first-order valence-corrected chi connectivity index (χ1v) is 6.69. The lowest BCUT2D eigenvalue weighted by Crippen LogP contribution is -2.31. The fourth-order valence-electron chi connectivity index (χ4n) is 1.78. The van der Waals surface area contributed by atoms with Gasteiger partial charge < -0.3 is 14.8 Å². The average Bonchev–Trinajstić information content (AvgIpc) is 3.19. The van der Waals surface area contributed by atoms with E-state index in [9.17, 15) is 9.59 Å². The Morgan fingerprint density at radius 1 is 1.25 bits per heavy atom. The van der Waals surface area contributed by atoms with Gasteiger partial charge in [0, 0.05) is 6.04 Å². The van der Waals surface area contributed by atoms with Crippen molar-refractivity contribution in [3.05, 3.63) is 29.3 Å². The Morgan fingerprint density at radius 3 is 2.65 bits per heavy atom. The highest BCUT2D eigenvalue weighted by molar-refractivity contribution is 5.81. The fourth-order valence-corrected chi connectivity index (χ4v) is 1.78. The van der Waals surface area contributed by atoms with Crippen LogP contribution in [0.15, 0.2) is 18.2 Å². The summed E-state index contributed by atoms with van der Waals surface area (Å²) in [5, 5.41) is 2.74. The van der Waals surface area contributed by atoms with Crippen LogP contribution in [0.25, 0.3) is 0 Å². The minimum absolute atomic E-state index is 0.194. The first-order chi connectivity index (χ1) is 9.54. The largest absolute Gasteiger partial charge is 0.482 e. The van der Waals surface area contributed by atoms with E-state index in [4.69, 9.17) is 9.47 Å². The number of carbonyl (C=O) groups excluding carboxylic acids is 2. The molecule has 0 radical (unpaired) electrons. The van der Waals surface area contributed by atoms with Gasteiger partial charge in [-0.25, -0.2) is 4.79 Å². The van der Waals surface area contributed by atoms with Gasteiger partial charge in [0.15, 0.2) is 13.2 Å². The number of hydrogen-bond acceptors (Lipinski definition) is 4. The lowest BCUT2D eigenvalue weighted by atomic mass is 10.1. The third kappa shape index (κ3) is 4.57. The Hall–Kier alpha value is -2.04. The third-order valence-electron chi connectivity index (χ3n) is 2.98. The van der Waals surface area contributed by atoms with Gasteiger partial charge >= 0.3 is 5.97 Å². The van der Waals surface area contributed by atoms with Crippen LogP contribution in [0.2, 0.25) is 0 Å². The zero-order chi connectivity index (χ0) is 14.5. The van der Waals surface area contributed by atoms with Gasteiger partial charge in [0.25, 0.3) is 5.91 Å². The molecule has 1 N–H and O–H groups in total. The molecule has 0 aliphatic heterocycles. The second-order valence-corrected chi connectivity index (χ2v) is 5.06. The maximum atomic E-state index is 11.5. The van der Waals surface area contributed by atoms with E-state index in [-0.39, 0.29) is 25.2 Å². The second-order valence-electron chi connectivity index (χ2n) is 5.06. The minimum Gasteiger partial charge on any atom is -0.482 e. The number of rotatable bonds is 6. The summed E-state index contributed by atoms with van der Waals surface area (Å²) in [4.78, 5) is 22.8. The summed E-state index contributed by atoms with van der Waals surface area (Å²) in [5.41, 5.74) is 2.10. The molecule has 2 rings (SSSR count). The van der Waals surface area contributed by atoms with Crippen LogP contribution in [0, 0.1) is 13.8 Å². The Morgan fingerprint density at radius 2 is 2.00 bits per heavy atom. The molecule has 1 amide bonds. The predicted molar refractivity (Wildman–Crippen MR) is 73.5 cm³/mol. The van der Waals surface area contributed by atoms with E-state index in [1.165, 1.54) is 0 Å². The number of esters is 1. The lowest BCUT2D eigenvalue weighted by molar-refractivity contribution is -0.150. The first kappa shape index (κ1) is 14.4. The average molecular weight is 277 g/mol. The molecule has 1 aromatic rings. The number of aryl methyl sites for hydroxylation is 2. The fraction of sp³-hybridized carbons (Fsp3) is 0.467. The van der Waals surface area contributed by atoms with Crippen LogP contribution in [0.3, 0.4) is 0 Å². The van der Waals surface area contributed by atoms with Gasteiger partial charge in [-0.1, -0.05) is 17.7 Å². The maximum absolute atomic E-state index is 11.5. The van der Waals surface area contributed by atoms with Crippen molar-refractivity contribution >= 4 is 11.9 Å². The molecule has 20 heavy (non-hydrogen) atoms. The standard InChI is InChI=1S/C15H19NO4/c1-10-3-6-13(11(2)7-10)19-9-15(18)20-8-14(17)16-12-4-5-12/h3,6-7,12H,4-5,8-9H2,1-2H3,(H,16,17). The Labute approximate surface area is 118 Å². The molecule has 108 valence electrons.